The first-order valence-corrected chi connectivity index (χ1v) is 10.6. The molecule has 27 heavy (non-hydrogen) atoms. The quantitative estimate of drug-likeness (QED) is 0.654. The van der Waals surface area contributed by atoms with Gasteiger partial charge in [0.15, 0.2) is 0 Å². The molecule has 0 radical (unpaired) electrons. The molecule has 0 spiro atoms. The van der Waals surface area contributed by atoms with Crippen LogP contribution in [0.2, 0.25) is 0 Å². The summed E-state index contributed by atoms with van der Waals surface area (Å²) < 4.78 is 0.964. The lowest BCUT2D eigenvalue weighted by atomic mass is 10.2. The highest BCUT2D eigenvalue weighted by Gasteiger charge is 2.32. The van der Waals surface area contributed by atoms with Crippen molar-refractivity contribution in [3.8, 4) is 0 Å². The van der Waals surface area contributed by atoms with E-state index in [1.54, 1.807) is 4.90 Å². The summed E-state index contributed by atoms with van der Waals surface area (Å²) in [5, 5.41) is 0. The van der Waals surface area contributed by atoms with Gasteiger partial charge in [0.05, 0.1) is 10.6 Å². The van der Waals surface area contributed by atoms with Crippen molar-refractivity contribution in [2.45, 2.75) is 17.7 Å². The Labute approximate surface area is 171 Å². The number of carbonyl (C=O) groups excluding carboxylic acids is 2. The standard InChI is InChI=1S/C21H19BrN2O2S/c22-16-7-5-6-15(12-16)13-19-21(26)24(14-20(25)23-10-3-4-11-23)17-8-1-2-9-18(17)27-19/h1-2,5-9,12-13H,3-4,10-11,14H2/b19-13+. The summed E-state index contributed by atoms with van der Waals surface area (Å²) in [5.41, 5.74) is 1.76. The van der Waals surface area contributed by atoms with Gasteiger partial charge in [-0.15, -0.1) is 0 Å². The number of anilines is 1. The zero-order valence-corrected chi connectivity index (χ0v) is 17.1. The second-order valence-corrected chi connectivity index (χ2v) is 8.61. The Kier molecular flexibility index (Phi) is 5.36. The summed E-state index contributed by atoms with van der Waals surface area (Å²) in [4.78, 5) is 31.0. The monoisotopic (exact) mass is 442 g/mol. The van der Waals surface area contributed by atoms with Crippen LogP contribution in [0.15, 0.2) is 62.8 Å². The van der Waals surface area contributed by atoms with Crippen molar-refractivity contribution in [2.75, 3.05) is 24.5 Å². The third-order valence-electron chi connectivity index (χ3n) is 4.73. The van der Waals surface area contributed by atoms with E-state index in [0.29, 0.717) is 4.91 Å². The van der Waals surface area contributed by atoms with Gasteiger partial charge in [-0.05, 0) is 48.7 Å². The summed E-state index contributed by atoms with van der Waals surface area (Å²) in [5.74, 6) is -0.101. The number of carbonyl (C=O) groups is 2. The first-order chi connectivity index (χ1) is 13.1. The molecule has 1 fully saturated rings. The number of rotatable bonds is 3. The zero-order chi connectivity index (χ0) is 18.8. The maximum Gasteiger partial charge on any atom is 0.265 e. The van der Waals surface area contributed by atoms with Crippen LogP contribution in [0.5, 0.6) is 0 Å². The van der Waals surface area contributed by atoms with Crippen molar-refractivity contribution in [1.29, 1.82) is 0 Å². The van der Waals surface area contributed by atoms with Gasteiger partial charge in [0.2, 0.25) is 5.91 Å². The molecule has 138 valence electrons. The molecule has 2 aromatic carbocycles. The van der Waals surface area contributed by atoms with Crippen LogP contribution in [0.3, 0.4) is 0 Å². The molecule has 0 atom stereocenters. The van der Waals surface area contributed by atoms with E-state index in [4.69, 9.17) is 0 Å². The SMILES string of the molecule is O=C(CN1C(=O)/C(=C\c2cccc(Br)c2)Sc2ccccc21)N1CCCC1. The second kappa shape index (κ2) is 7.90. The molecule has 0 saturated carbocycles. The van der Waals surface area contributed by atoms with Crippen LogP contribution in [0.1, 0.15) is 18.4 Å². The Morgan fingerprint density at radius 2 is 1.89 bits per heavy atom. The van der Waals surface area contributed by atoms with Crippen molar-refractivity contribution in [3.05, 3.63) is 63.5 Å². The average Bonchev–Trinajstić information content (AvgIpc) is 3.20. The number of fused-ring (bicyclic) bond motifs is 1. The summed E-state index contributed by atoms with van der Waals surface area (Å²) in [6.45, 7) is 1.67. The topological polar surface area (TPSA) is 40.6 Å². The van der Waals surface area contributed by atoms with Crippen molar-refractivity contribution in [2.24, 2.45) is 0 Å². The van der Waals surface area contributed by atoms with E-state index in [2.05, 4.69) is 15.9 Å². The van der Waals surface area contributed by atoms with Crippen LogP contribution in [-0.4, -0.2) is 36.3 Å². The van der Waals surface area contributed by atoms with Crippen LogP contribution < -0.4 is 4.90 Å². The first-order valence-electron chi connectivity index (χ1n) is 8.95. The number of amides is 2. The van der Waals surface area contributed by atoms with Crippen molar-refractivity contribution >= 4 is 51.3 Å². The van der Waals surface area contributed by atoms with Gasteiger partial charge in [0, 0.05) is 22.5 Å². The van der Waals surface area contributed by atoms with Gasteiger partial charge in [-0.25, -0.2) is 0 Å². The number of halogens is 1. The molecular formula is C21H19BrN2O2S. The first kappa shape index (κ1) is 18.3. The molecule has 2 aliphatic heterocycles. The third kappa shape index (κ3) is 3.96. The van der Waals surface area contributed by atoms with E-state index < -0.39 is 0 Å². The van der Waals surface area contributed by atoms with Gasteiger partial charge in [-0.1, -0.05) is 52.0 Å². The summed E-state index contributed by atoms with van der Waals surface area (Å²) in [6.07, 6.45) is 3.97. The van der Waals surface area contributed by atoms with Crippen molar-refractivity contribution in [1.82, 2.24) is 4.90 Å². The van der Waals surface area contributed by atoms with Gasteiger partial charge in [0.25, 0.3) is 5.91 Å². The molecule has 1 saturated heterocycles. The maximum absolute atomic E-state index is 13.2. The van der Waals surface area contributed by atoms with Gasteiger partial charge >= 0.3 is 0 Å². The molecule has 2 heterocycles. The number of likely N-dealkylation sites (tertiary alicyclic amines) is 1. The zero-order valence-electron chi connectivity index (χ0n) is 14.7. The molecule has 0 N–H and O–H groups in total. The Morgan fingerprint density at radius 3 is 2.67 bits per heavy atom. The molecular weight excluding hydrogens is 424 g/mol. The smallest absolute Gasteiger partial charge is 0.265 e. The van der Waals surface area contributed by atoms with E-state index in [9.17, 15) is 9.59 Å². The molecule has 0 unspecified atom stereocenters. The average molecular weight is 443 g/mol. The summed E-state index contributed by atoms with van der Waals surface area (Å²) in [7, 11) is 0. The molecule has 0 aromatic heterocycles. The number of para-hydroxylation sites is 1. The largest absolute Gasteiger partial charge is 0.341 e. The van der Waals surface area contributed by atoms with Crippen LogP contribution in [0.25, 0.3) is 6.08 Å². The van der Waals surface area contributed by atoms with Crippen LogP contribution in [0.4, 0.5) is 5.69 Å². The molecule has 2 aromatic rings. The highest BCUT2D eigenvalue weighted by molar-refractivity contribution is 9.10. The van der Waals surface area contributed by atoms with E-state index in [1.807, 2.05) is 59.5 Å². The Balaban J connectivity index is 1.66. The fourth-order valence-corrected chi connectivity index (χ4v) is 4.84. The summed E-state index contributed by atoms with van der Waals surface area (Å²) >= 11 is 4.93. The number of benzene rings is 2. The normalized spacial score (nSPS) is 18.1. The second-order valence-electron chi connectivity index (χ2n) is 6.61. The lowest BCUT2D eigenvalue weighted by Crippen LogP contribution is -2.43. The molecule has 4 rings (SSSR count). The van der Waals surface area contributed by atoms with E-state index in [0.717, 1.165) is 46.6 Å². The minimum absolute atomic E-state index is 0.0179. The van der Waals surface area contributed by atoms with Crippen molar-refractivity contribution in [3.63, 3.8) is 0 Å². The van der Waals surface area contributed by atoms with Crippen LogP contribution >= 0.6 is 27.7 Å². The highest BCUT2D eigenvalue weighted by Crippen LogP contribution is 2.42. The predicted molar refractivity (Wildman–Crippen MR) is 113 cm³/mol. The number of thioether (sulfide) groups is 1. The molecule has 2 aliphatic rings. The van der Waals surface area contributed by atoms with Crippen molar-refractivity contribution < 1.29 is 9.59 Å². The minimum atomic E-state index is -0.119. The molecule has 2 amide bonds. The van der Waals surface area contributed by atoms with E-state index in [-0.39, 0.29) is 18.4 Å². The lowest BCUT2D eigenvalue weighted by Gasteiger charge is -2.31. The summed E-state index contributed by atoms with van der Waals surface area (Å²) in [6, 6.07) is 15.6. The van der Waals surface area contributed by atoms with E-state index >= 15 is 0 Å². The molecule has 0 aliphatic carbocycles. The molecule has 6 heteroatoms. The Morgan fingerprint density at radius 1 is 1.11 bits per heavy atom. The Bertz CT molecular complexity index is 922. The third-order valence-corrected chi connectivity index (χ3v) is 6.30. The van der Waals surface area contributed by atoms with Gasteiger partial charge < -0.3 is 4.90 Å². The number of hydrogen-bond acceptors (Lipinski definition) is 3. The minimum Gasteiger partial charge on any atom is -0.341 e. The van der Waals surface area contributed by atoms with Gasteiger partial charge in [-0.2, -0.15) is 0 Å². The molecule has 0 bridgehead atoms. The fraction of sp³-hybridized carbons (Fsp3) is 0.238. The molecule has 4 nitrogen and oxygen atoms in total. The predicted octanol–water partition coefficient (Wildman–Crippen LogP) is 4.55. The number of nitrogens with zero attached hydrogens (tertiary/aromatic N) is 2. The maximum atomic E-state index is 13.2. The van der Waals surface area contributed by atoms with Gasteiger partial charge in [-0.3, -0.25) is 14.5 Å². The van der Waals surface area contributed by atoms with Crippen LogP contribution in [-0.2, 0) is 9.59 Å². The van der Waals surface area contributed by atoms with Gasteiger partial charge in [0.1, 0.15) is 6.54 Å². The Hall–Kier alpha value is -2.05. The number of hydrogen-bond donors (Lipinski definition) is 0. The fourth-order valence-electron chi connectivity index (χ4n) is 3.37. The highest BCUT2D eigenvalue weighted by atomic mass is 79.9. The van der Waals surface area contributed by atoms with Crippen LogP contribution in [0, 0.1) is 0 Å². The lowest BCUT2D eigenvalue weighted by molar-refractivity contribution is -0.130. The van der Waals surface area contributed by atoms with E-state index in [1.165, 1.54) is 11.8 Å².